The van der Waals surface area contributed by atoms with Crippen molar-refractivity contribution in [2.75, 3.05) is 5.32 Å². The van der Waals surface area contributed by atoms with Gasteiger partial charge in [-0.25, -0.2) is 4.98 Å². The zero-order chi connectivity index (χ0) is 21.9. The first-order valence-electron chi connectivity index (χ1n) is 10.8. The monoisotopic (exact) mass is 445 g/mol. The molecule has 9 heteroatoms. The molecule has 0 bridgehead atoms. The number of nitrogens with zero attached hydrogens (tertiary/aromatic N) is 6. The molecule has 1 amide bonds. The minimum atomic E-state index is -0.243. The Hall–Kier alpha value is -3.33. The Bertz CT molecular complexity index is 1310. The van der Waals surface area contributed by atoms with Crippen molar-refractivity contribution < 1.29 is 4.79 Å². The van der Waals surface area contributed by atoms with Crippen molar-refractivity contribution in [1.82, 2.24) is 29.3 Å². The fourth-order valence-corrected chi connectivity index (χ4v) is 4.93. The van der Waals surface area contributed by atoms with Crippen LogP contribution in [-0.2, 0) is 0 Å². The van der Waals surface area contributed by atoms with Gasteiger partial charge >= 0.3 is 0 Å². The molecular weight excluding hydrogens is 422 g/mol. The Morgan fingerprint density at radius 2 is 2.03 bits per heavy atom. The highest BCUT2D eigenvalue weighted by Gasteiger charge is 2.48. The number of hydrogen-bond donors (Lipinski definition) is 1. The number of nitrogens with one attached hydrogen (secondary N) is 1. The van der Waals surface area contributed by atoms with Gasteiger partial charge < -0.3 is 14.5 Å². The first-order valence-corrected chi connectivity index (χ1v) is 11.6. The number of imidazole rings is 1. The highest BCUT2D eigenvalue weighted by Crippen LogP contribution is 2.56. The van der Waals surface area contributed by atoms with Crippen molar-refractivity contribution >= 4 is 22.2 Å². The summed E-state index contributed by atoms with van der Waals surface area (Å²) in [6.07, 6.45) is 10.8. The fourth-order valence-electron chi connectivity index (χ4n) is 4.04. The van der Waals surface area contributed by atoms with E-state index < -0.39 is 0 Å². The van der Waals surface area contributed by atoms with E-state index in [2.05, 4.69) is 43.9 Å². The van der Waals surface area contributed by atoms with Gasteiger partial charge in [-0.2, -0.15) is 0 Å². The van der Waals surface area contributed by atoms with Crippen molar-refractivity contribution in [2.45, 2.75) is 45.1 Å². The number of aromatic nitrogens is 6. The molecule has 0 aromatic carbocycles. The topological polar surface area (TPSA) is 90.5 Å². The zero-order valence-electron chi connectivity index (χ0n) is 17.9. The third-order valence-corrected chi connectivity index (χ3v) is 7.30. The van der Waals surface area contributed by atoms with Crippen molar-refractivity contribution in [2.24, 2.45) is 5.41 Å². The molecule has 4 aromatic heterocycles. The second-order valence-corrected chi connectivity index (χ2v) is 10.4. The molecule has 32 heavy (non-hydrogen) atoms. The van der Waals surface area contributed by atoms with E-state index in [-0.39, 0.29) is 11.3 Å². The summed E-state index contributed by atoms with van der Waals surface area (Å²) in [7, 11) is 0. The van der Waals surface area contributed by atoms with Gasteiger partial charge in [-0.05, 0) is 48.9 Å². The quantitative estimate of drug-likeness (QED) is 0.465. The summed E-state index contributed by atoms with van der Waals surface area (Å²) < 4.78 is 4.09. The van der Waals surface area contributed by atoms with Gasteiger partial charge in [0.25, 0.3) is 5.91 Å². The lowest BCUT2D eigenvalue weighted by molar-refractivity contribution is 0.102. The average Bonchev–Trinajstić information content (AvgIpc) is 3.47. The Kier molecular flexibility index (Phi) is 4.29. The highest BCUT2D eigenvalue weighted by atomic mass is 32.1. The second kappa shape index (κ2) is 7.09. The molecule has 2 aliphatic carbocycles. The number of thiophene rings is 1. The smallest absolute Gasteiger partial charge is 0.274 e. The lowest BCUT2D eigenvalue weighted by Gasteiger charge is -2.07. The number of amides is 1. The first-order chi connectivity index (χ1) is 15.5. The van der Waals surface area contributed by atoms with E-state index in [0.29, 0.717) is 17.7 Å². The Morgan fingerprint density at radius 3 is 2.81 bits per heavy atom. The predicted octanol–water partition coefficient (Wildman–Crippen LogP) is 4.69. The third-order valence-electron chi connectivity index (χ3n) is 6.31. The van der Waals surface area contributed by atoms with Gasteiger partial charge in [0.2, 0.25) is 0 Å². The maximum Gasteiger partial charge on any atom is 0.274 e. The van der Waals surface area contributed by atoms with Crippen molar-refractivity contribution in [3.63, 3.8) is 0 Å². The van der Waals surface area contributed by atoms with Crippen molar-refractivity contribution in [3.8, 4) is 16.4 Å². The maximum absolute atomic E-state index is 12.9. The summed E-state index contributed by atoms with van der Waals surface area (Å²) in [4.78, 5) is 22.6. The predicted molar refractivity (Wildman–Crippen MR) is 122 cm³/mol. The van der Waals surface area contributed by atoms with E-state index in [4.69, 9.17) is 0 Å². The van der Waals surface area contributed by atoms with Crippen LogP contribution < -0.4 is 5.32 Å². The van der Waals surface area contributed by atoms with Gasteiger partial charge in [-0.1, -0.05) is 13.8 Å². The lowest BCUT2D eigenvalue weighted by atomic mass is 10.2. The van der Waals surface area contributed by atoms with Gasteiger partial charge in [-0.3, -0.25) is 9.78 Å². The van der Waals surface area contributed by atoms with Crippen LogP contribution >= 0.6 is 11.3 Å². The molecule has 8 nitrogen and oxygen atoms in total. The second-order valence-electron chi connectivity index (χ2n) is 9.27. The largest absolute Gasteiger partial charge is 0.312 e. The third kappa shape index (κ3) is 3.52. The molecule has 0 aliphatic heterocycles. The van der Waals surface area contributed by atoms with E-state index in [9.17, 15) is 4.79 Å². The van der Waals surface area contributed by atoms with Crippen LogP contribution in [-0.4, -0.2) is 35.2 Å². The van der Waals surface area contributed by atoms with E-state index in [0.717, 1.165) is 33.5 Å². The summed E-state index contributed by atoms with van der Waals surface area (Å²) in [6.45, 7) is 4.50. The molecule has 2 saturated carbocycles. The minimum Gasteiger partial charge on any atom is -0.312 e. The van der Waals surface area contributed by atoms with Crippen molar-refractivity contribution in [1.29, 1.82) is 0 Å². The SMILES string of the molecule is CC1(C)C[C@@H]1n1cnnc1-c1ccc(NC(=O)c2cc(-n3cnc(C4CC4)c3)ccn2)s1. The van der Waals surface area contributed by atoms with Gasteiger partial charge in [-0.15, -0.1) is 21.5 Å². The summed E-state index contributed by atoms with van der Waals surface area (Å²) in [5, 5.41) is 12.1. The number of rotatable bonds is 6. The summed E-state index contributed by atoms with van der Waals surface area (Å²) in [5.74, 6) is 1.19. The molecule has 0 unspecified atom stereocenters. The van der Waals surface area contributed by atoms with Gasteiger partial charge in [0.1, 0.15) is 12.0 Å². The molecule has 4 aromatic rings. The fraction of sp³-hybridized carbons (Fsp3) is 0.348. The highest BCUT2D eigenvalue weighted by molar-refractivity contribution is 7.19. The Balaban J connectivity index is 1.19. The average molecular weight is 446 g/mol. The van der Waals surface area contributed by atoms with Crippen LogP contribution in [0.3, 0.4) is 0 Å². The van der Waals surface area contributed by atoms with Gasteiger partial charge in [0.15, 0.2) is 5.82 Å². The molecule has 162 valence electrons. The van der Waals surface area contributed by atoms with Crippen LogP contribution in [0.25, 0.3) is 16.4 Å². The molecule has 0 spiro atoms. The normalized spacial score (nSPS) is 19.1. The molecule has 1 atom stereocenters. The summed E-state index contributed by atoms with van der Waals surface area (Å²) in [5.41, 5.74) is 2.62. The van der Waals surface area contributed by atoms with Crippen LogP contribution in [0.2, 0.25) is 0 Å². The molecule has 4 heterocycles. The number of carbonyl (C=O) groups is 1. The molecule has 2 aliphatic rings. The number of pyridine rings is 1. The van der Waals surface area contributed by atoms with Gasteiger partial charge in [0.05, 0.1) is 27.6 Å². The molecular formula is C23H23N7OS. The van der Waals surface area contributed by atoms with E-state index in [1.54, 1.807) is 24.9 Å². The van der Waals surface area contributed by atoms with E-state index in [1.807, 2.05) is 29.0 Å². The Labute approximate surface area is 189 Å². The number of carbonyl (C=O) groups excluding carboxylic acids is 1. The van der Waals surface area contributed by atoms with Crippen LogP contribution in [0.5, 0.6) is 0 Å². The zero-order valence-corrected chi connectivity index (χ0v) is 18.7. The number of hydrogen-bond acceptors (Lipinski definition) is 6. The maximum atomic E-state index is 12.9. The summed E-state index contributed by atoms with van der Waals surface area (Å²) in [6, 6.07) is 7.96. The standard InChI is InChI=1S/C23H23N7OS/c1-23(2)10-19(23)30-13-26-28-21(30)18-5-6-20(32-18)27-22(31)16-9-15(7-8-24-16)29-11-17(25-12-29)14-3-4-14/h5-9,11-14,19H,3-4,10H2,1-2H3,(H,27,31)/t19-/m0/s1. The minimum absolute atomic E-state index is 0.243. The van der Waals surface area contributed by atoms with E-state index in [1.165, 1.54) is 24.2 Å². The van der Waals surface area contributed by atoms with Crippen molar-refractivity contribution in [3.05, 3.63) is 60.7 Å². The molecule has 6 rings (SSSR count). The van der Waals surface area contributed by atoms with Crippen LogP contribution in [0.15, 0.2) is 49.3 Å². The van der Waals surface area contributed by atoms with Gasteiger partial charge in [0, 0.05) is 24.4 Å². The van der Waals surface area contributed by atoms with Crippen LogP contribution in [0.1, 0.15) is 61.3 Å². The summed E-state index contributed by atoms with van der Waals surface area (Å²) >= 11 is 1.49. The molecule has 1 N–H and O–H groups in total. The Morgan fingerprint density at radius 1 is 1.19 bits per heavy atom. The number of anilines is 1. The van der Waals surface area contributed by atoms with Crippen LogP contribution in [0.4, 0.5) is 5.00 Å². The van der Waals surface area contributed by atoms with E-state index >= 15 is 0 Å². The lowest BCUT2D eigenvalue weighted by Crippen LogP contribution is -2.13. The first kappa shape index (κ1) is 19.4. The molecule has 0 radical (unpaired) electrons. The molecule has 2 fully saturated rings. The molecule has 0 saturated heterocycles. The van der Waals surface area contributed by atoms with Crippen LogP contribution in [0, 0.1) is 5.41 Å².